The zero-order chi connectivity index (χ0) is 26.7. The SMILES string of the molecule is CC(C)CC(NC(=O)C(CC(C)C)NC(=O)C(Cc1ccccc1)NC(=O)C(N)C(C)O)C(=O)O. The third-order valence-corrected chi connectivity index (χ3v) is 5.40. The number of aliphatic carboxylic acids is 1. The molecule has 10 nitrogen and oxygen atoms in total. The van der Waals surface area contributed by atoms with E-state index in [1.165, 1.54) is 6.92 Å². The van der Waals surface area contributed by atoms with Crippen molar-refractivity contribution in [3.63, 3.8) is 0 Å². The van der Waals surface area contributed by atoms with E-state index in [2.05, 4.69) is 16.0 Å². The van der Waals surface area contributed by atoms with E-state index in [0.717, 1.165) is 5.56 Å². The molecule has 0 fully saturated rings. The lowest BCUT2D eigenvalue weighted by molar-refractivity contribution is -0.143. The van der Waals surface area contributed by atoms with Crippen molar-refractivity contribution in [1.29, 1.82) is 0 Å². The third kappa shape index (κ3) is 10.9. The van der Waals surface area contributed by atoms with Crippen LogP contribution in [-0.4, -0.2) is 64.2 Å². The topological polar surface area (TPSA) is 171 Å². The van der Waals surface area contributed by atoms with Crippen molar-refractivity contribution in [2.75, 3.05) is 0 Å². The molecule has 5 atom stereocenters. The molecule has 196 valence electrons. The van der Waals surface area contributed by atoms with Crippen LogP contribution in [0, 0.1) is 11.8 Å². The van der Waals surface area contributed by atoms with Crippen molar-refractivity contribution in [3.8, 4) is 0 Å². The van der Waals surface area contributed by atoms with Crippen LogP contribution in [0.2, 0.25) is 0 Å². The maximum atomic E-state index is 13.2. The molecule has 0 heterocycles. The Morgan fingerprint density at radius 1 is 0.771 bits per heavy atom. The number of aliphatic hydroxyl groups is 1. The molecular weight excluding hydrogens is 452 g/mol. The molecule has 10 heteroatoms. The normalized spacial score (nSPS) is 15.6. The van der Waals surface area contributed by atoms with Gasteiger partial charge in [-0.25, -0.2) is 4.79 Å². The predicted octanol–water partition coefficient (Wildman–Crippen LogP) is 0.568. The lowest BCUT2D eigenvalue weighted by Crippen LogP contribution is -2.58. The lowest BCUT2D eigenvalue weighted by Gasteiger charge is -2.26. The molecule has 3 amide bonds. The molecule has 1 rings (SSSR count). The molecule has 0 radical (unpaired) electrons. The van der Waals surface area contributed by atoms with Crippen molar-refractivity contribution in [2.45, 2.75) is 84.2 Å². The van der Waals surface area contributed by atoms with Gasteiger partial charge in [0.15, 0.2) is 0 Å². The van der Waals surface area contributed by atoms with Crippen molar-refractivity contribution in [1.82, 2.24) is 16.0 Å². The van der Waals surface area contributed by atoms with Gasteiger partial charge in [0.25, 0.3) is 0 Å². The average molecular weight is 493 g/mol. The Hall–Kier alpha value is -2.98. The Bertz CT molecular complexity index is 844. The zero-order valence-electron chi connectivity index (χ0n) is 21.2. The number of carboxylic acid groups (broad SMARTS) is 1. The van der Waals surface area contributed by atoms with E-state index in [-0.39, 0.29) is 31.1 Å². The van der Waals surface area contributed by atoms with Crippen molar-refractivity contribution in [3.05, 3.63) is 35.9 Å². The summed E-state index contributed by atoms with van der Waals surface area (Å²) in [6.45, 7) is 8.82. The number of aliphatic hydroxyl groups excluding tert-OH is 1. The maximum Gasteiger partial charge on any atom is 0.326 e. The molecule has 0 spiro atoms. The van der Waals surface area contributed by atoms with Crippen LogP contribution in [0.5, 0.6) is 0 Å². The Morgan fingerprint density at radius 3 is 1.71 bits per heavy atom. The van der Waals surface area contributed by atoms with Crippen LogP contribution in [0.4, 0.5) is 0 Å². The Kier molecular flexibility index (Phi) is 12.4. The summed E-state index contributed by atoms with van der Waals surface area (Å²) in [6.07, 6.45) is -0.478. The van der Waals surface area contributed by atoms with Gasteiger partial charge in [-0.2, -0.15) is 0 Å². The van der Waals surface area contributed by atoms with Gasteiger partial charge in [-0.3, -0.25) is 14.4 Å². The van der Waals surface area contributed by atoms with Crippen LogP contribution in [0.15, 0.2) is 30.3 Å². The van der Waals surface area contributed by atoms with Crippen molar-refractivity contribution in [2.24, 2.45) is 17.6 Å². The molecule has 5 unspecified atom stereocenters. The second-order valence-corrected chi connectivity index (χ2v) is 9.74. The number of nitrogens with two attached hydrogens (primary N) is 1. The fraction of sp³-hybridized carbons (Fsp3) is 0.600. The average Bonchev–Trinajstić information content (AvgIpc) is 2.76. The number of rotatable bonds is 14. The summed E-state index contributed by atoms with van der Waals surface area (Å²) in [6, 6.07) is 4.61. The van der Waals surface area contributed by atoms with Gasteiger partial charge in [0.1, 0.15) is 24.2 Å². The van der Waals surface area contributed by atoms with Gasteiger partial charge in [0, 0.05) is 6.42 Å². The van der Waals surface area contributed by atoms with Crippen LogP contribution >= 0.6 is 0 Å². The summed E-state index contributed by atoms with van der Waals surface area (Å²) in [4.78, 5) is 50.3. The number of hydrogen-bond acceptors (Lipinski definition) is 6. The minimum absolute atomic E-state index is 0.0188. The van der Waals surface area contributed by atoms with Gasteiger partial charge >= 0.3 is 5.97 Å². The third-order valence-electron chi connectivity index (χ3n) is 5.40. The largest absolute Gasteiger partial charge is 0.480 e. The summed E-state index contributed by atoms with van der Waals surface area (Å²) < 4.78 is 0. The fourth-order valence-electron chi connectivity index (χ4n) is 3.49. The quantitative estimate of drug-likeness (QED) is 0.220. The standard InChI is InChI=1S/C25H40N4O6/c1-14(2)11-18(22(31)29-20(25(34)35)12-15(3)4)27-23(32)19(13-17-9-7-6-8-10-17)28-24(33)21(26)16(5)30/h6-10,14-16,18-21,30H,11-13,26H2,1-5H3,(H,27,32)(H,28,33)(H,29,31)(H,34,35). The molecule has 35 heavy (non-hydrogen) atoms. The Labute approximate surface area is 207 Å². The molecule has 0 aliphatic rings. The molecule has 7 N–H and O–H groups in total. The number of amides is 3. The first kappa shape index (κ1) is 30.1. The van der Waals surface area contributed by atoms with Crippen LogP contribution in [0.1, 0.15) is 53.0 Å². The number of carbonyl (C=O) groups is 4. The van der Waals surface area contributed by atoms with Crippen LogP contribution < -0.4 is 21.7 Å². The summed E-state index contributed by atoms with van der Waals surface area (Å²) in [5.41, 5.74) is 6.50. The molecule has 0 saturated carbocycles. The first-order chi connectivity index (χ1) is 16.3. The molecule has 0 aliphatic heterocycles. The zero-order valence-corrected chi connectivity index (χ0v) is 21.2. The molecule has 0 aromatic heterocycles. The number of nitrogens with one attached hydrogen (secondary N) is 3. The number of carbonyl (C=O) groups excluding carboxylic acids is 3. The first-order valence-electron chi connectivity index (χ1n) is 11.9. The van der Waals surface area contributed by atoms with Gasteiger partial charge in [0.05, 0.1) is 6.10 Å². The molecule has 0 bridgehead atoms. The lowest BCUT2D eigenvalue weighted by atomic mass is 9.99. The van der Waals surface area contributed by atoms with Crippen molar-refractivity contribution < 1.29 is 29.4 Å². The monoisotopic (exact) mass is 492 g/mol. The second-order valence-electron chi connectivity index (χ2n) is 9.74. The molecule has 0 saturated heterocycles. The highest BCUT2D eigenvalue weighted by molar-refractivity contribution is 5.94. The van der Waals surface area contributed by atoms with Gasteiger partial charge in [-0.05, 0) is 37.2 Å². The maximum absolute atomic E-state index is 13.2. The van der Waals surface area contributed by atoms with Crippen LogP contribution in [-0.2, 0) is 25.6 Å². The van der Waals surface area contributed by atoms with Crippen LogP contribution in [0.3, 0.4) is 0 Å². The van der Waals surface area contributed by atoms with Gasteiger partial charge < -0.3 is 31.9 Å². The summed E-state index contributed by atoms with van der Waals surface area (Å²) >= 11 is 0. The van der Waals surface area contributed by atoms with Crippen molar-refractivity contribution >= 4 is 23.7 Å². The summed E-state index contributed by atoms with van der Waals surface area (Å²) in [5, 5.41) is 26.9. The molecular formula is C25H40N4O6. The molecule has 1 aromatic carbocycles. The van der Waals surface area contributed by atoms with Gasteiger partial charge in [-0.1, -0.05) is 58.0 Å². The number of carboxylic acids is 1. The van der Waals surface area contributed by atoms with Gasteiger partial charge in [0.2, 0.25) is 17.7 Å². The van der Waals surface area contributed by atoms with E-state index < -0.39 is 54.0 Å². The molecule has 0 aliphatic carbocycles. The highest BCUT2D eigenvalue weighted by Crippen LogP contribution is 2.10. The van der Waals surface area contributed by atoms with E-state index in [1.807, 2.05) is 33.8 Å². The highest BCUT2D eigenvalue weighted by atomic mass is 16.4. The van der Waals surface area contributed by atoms with Crippen LogP contribution in [0.25, 0.3) is 0 Å². The predicted molar refractivity (Wildman–Crippen MR) is 132 cm³/mol. The smallest absolute Gasteiger partial charge is 0.326 e. The number of hydrogen-bond donors (Lipinski definition) is 6. The van der Waals surface area contributed by atoms with Gasteiger partial charge in [-0.15, -0.1) is 0 Å². The summed E-state index contributed by atoms with van der Waals surface area (Å²) in [5.74, 6) is -3.02. The van der Waals surface area contributed by atoms with E-state index in [0.29, 0.717) is 0 Å². The molecule has 1 aromatic rings. The fourth-order valence-corrected chi connectivity index (χ4v) is 3.49. The summed E-state index contributed by atoms with van der Waals surface area (Å²) in [7, 11) is 0. The van der Waals surface area contributed by atoms with E-state index in [4.69, 9.17) is 5.73 Å². The minimum Gasteiger partial charge on any atom is -0.480 e. The van der Waals surface area contributed by atoms with E-state index >= 15 is 0 Å². The van der Waals surface area contributed by atoms with E-state index in [1.54, 1.807) is 24.3 Å². The minimum atomic E-state index is -1.23. The van der Waals surface area contributed by atoms with E-state index in [9.17, 15) is 29.4 Å². The Morgan fingerprint density at radius 2 is 1.23 bits per heavy atom. The Balaban J connectivity index is 3.10. The number of benzene rings is 1. The highest BCUT2D eigenvalue weighted by Gasteiger charge is 2.31. The second kappa shape index (κ2) is 14.4. The first-order valence-corrected chi connectivity index (χ1v) is 11.9.